The molecule has 0 saturated heterocycles. The molecule has 0 radical (unpaired) electrons. The van der Waals surface area contributed by atoms with Crippen LogP contribution in [0.3, 0.4) is 0 Å². The Hall–Kier alpha value is -1.69. The molecule has 2 aromatic rings. The second-order valence-corrected chi connectivity index (χ2v) is 4.61. The summed E-state index contributed by atoms with van der Waals surface area (Å²) in [4.78, 5) is 0. The molecular weight excluding hydrogens is 298 g/mol. The lowest BCUT2D eigenvalue weighted by Crippen LogP contribution is -1.97. The first-order chi connectivity index (χ1) is 9.70. The first-order valence-corrected chi connectivity index (χ1v) is 6.82. The molecular formula is C16H11Cl2FO. The van der Waals surface area contributed by atoms with E-state index in [0.717, 1.165) is 5.56 Å². The van der Waals surface area contributed by atoms with Gasteiger partial charge in [0.1, 0.15) is 18.2 Å². The zero-order chi connectivity index (χ0) is 14.4. The van der Waals surface area contributed by atoms with E-state index >= 15 is 0 Å². The smallest absolute Gasteiger partial charge is 0.142 e. The van der Waals surface area contributed by atoms with Gasteiger partial charge in [0.05, 0.1) is 10.9 Å². The lowest BCUT2D eigenvalue weighted by molar-refractivity contribution is 0.305. The summed E-state index contributed by atoms with van der Waals surface area (Å²) < 4.78 is 18.9. The van der Waals surface area contributed by atoms with Crippen LogP contribution in [0.15, 0.2) is 42.5 Å². The van der Waals surface area contributed by atoms with Crippen LogP contribution in [0.5, 0.6) is 5.75 Å². The predicted molar refractivity (Wildman–Crippen MR) is 79.8 cm³/mol. The van der Waals surface area contributed by atoms with Crippen molar-refractivity contribution in [3.63, 3.8) is 0 Å². The van der Waals surface area contributed by atoms with Crippen LogP contribution in [0.2, 0.25) is 5.02 Å². The number of rotatable bonds is 3. The second kappa shape index (κ2) is 7.19. The number of hydrogen-bond acceptors (Lipinski definition) is 1. The monoisotopic (exact) mass is 308 g/mol. The number of hydrogen-bond donors (Lipinski definition) is 0. The van der Waals surface area contributed by atoms with Gasteiger partial charge in [-0.1, -0.05) is 41.6 Å². The van der Waals surface area contributed by atoms with Crippen molar-refractivity contribution in [1.82, 2.24) is 0 Å². The first kappa shape index (κ1) is 14.7. The highest BCUT2D eigenvalue weighted by Crippen LogP contribution is 2.22. The minimum Gasteiger partial charge on any atom is -0.489 e. The lowest BCUT2D eigenvalue weighted by atomic mass is 10.2. The Morgan fingerprint density at radius 1 is 1.15 bits per heavy atom. The Kier molecular flexibility index (Phi) is 5.29. The van der Waals surface area contributed by atoms with Crippen molar-refractivity contribution in [3.05, 3.63) is 64.4 Å². The third kappa shape index (κ3) is 3.90. The standard InChI is InChI=1S/C16H11Cl2FO/c17-9-3-5-12-4-1-7-14(10-12)20-11-13-6-2-8-15(19)16(13)18/h1-2,4,6-8,10H,9,11H2. The van der Waals surface area contributed by atoms with E-state index in [2.05, 4.69) is 11.8 Å². The SMILES string of the molecule is Fc1cccc(COc2cccc(C#CCCl)c2)c1Cl. The fourth-order valence-electron chi connectivity index (χ4n) is 1.62. The number of benzene rings is 2. The Labute approximate surface area is 127 Å². The Morgan fingerprint density at radius 3 is 2.75 bits per heavy atom. The molecule has 0 N–H and O–H groups in total. The minimum absolute atomic E-state index is 0.0885. The molecule has 0 aromatic heterocycles. The summed E-state index contributed by atoms with van der Waals surface area (Å²) >= 11 is 11.4. The molecule has 4 heteroatoms. The van der Waals surface area contributed by atoms with Crippen LogP contribution in [-0.2, 0) is 6.61 Å². The fraction of sp³-hybridized carbons (Fsp3) is 0.125. The van der Waals surface area contributed by atoms with Gasteiger partial charge in [0.2, 0.25) is 0 Å². The highest BCUT2D eigenvalue weighted by Gasteiger charge is 2.06. The van der Waals surface area contributed by atoms with Crippen LogP contribution in [-0.4, -0.2) is 5.88 Å². The third-order valence-electron chi connectivity index (χ3n) is 2.56. The van der Waals surface area contributed by atoms with Crippen molar-refractivity contribution in [3.8, 4) is 17.6 Å². The molecule has 0 saturated carbocycles. The molecule has 1 nitrogen and oxygen atoms in total. The summed E-state index contributed by atoms with van der Waals surface area (Å²) in [6.07, 6.45) is 0. The quantitative estimate of drug-likeness (QED) is 0.592. The van der Waals surface area contributed by atoms with Gasteiger partial charge in [-0.3, -0.25) is 0 Å². The van der Waals surface area contributed by atoms with Crippen molar-refractivity contribution in [2.45, 2.75) is 6.61 Å². The van der Waals surface area contributed by atoms with Crippen molar-refractivity contribution in [2.24, 2.45) is 0 Å². The van der Waals surface area contributed by atoms with Crippen molar-refractivity contribution < 1.29 is 9.13 Å². The van der Waals surface area contributed by atoms with Gasteiger partial charge in [-0.2, -0.15) is 0 Å². The van der Waals surface area contributed by atoms with Gasteiger partial charge >= 0.3 is 0 Å². The third-order valence-corrected chi connectivity index (χ3v) is 3.12. The predicted octanol–water partition coefficient (Wildman–Crippen LogP) is 4.65. The maximum atomic E-state index is 13.3. The molecule has 20 heavy (non-hydrogen) atoms. The molecule has 2 aromatic carbocycles. The van der Waals surface area contributed by atoms with E-state index in [1.54, 1.807) is 24.3 Å². The van der Waals surface area contributed by atoms with Crippen LogP contribution in [0.4, 0.5) is 4.39 Å². The van der Waals surface area contributed by atoms with Crippen LogP contribution in [0.25, 0.3) is 0 Å². The van der Waals surface area contributed by atoms with E-state index in [1.807, 2.05) is 12.1 Å². The minimum atomic E-state index is -0.450. The van der Waals surface area contributed by atoms with Crippen LogP contribution >= 0.6 is 23.2 Å². The molecule has 2 rings (SSSR count). The molecule has 0 fully saturated rings. The molecule has 0 heterocycles. The lowest BCUT2D eigenvalue weighted by Gasteiger charge is -2.08. The molecule has 102 valence electrons. The maximum Gasteiger partial charge on any atom is 0.142 e. The molecule has 0 aliphatic rings. The average Bonchev–Trinajstić information content (AvgIpc) is 2.47. The zero-order valence-corrected chi connectivity index (χ0v) is 12.0. The Bertz CT molecular complexity index is 659. The number of ether oxygens (including phenoxy) is 1. The highest BCUT2D eigenvalue weighted by atomic mass is 35.5. The molecule has 0 unspecified atom stereocenters. The second-order valence-electron chi connectivity index (χ2n) is 3.96. The zero-order valence-electron chi connectivity index (χ0n) is 10.5. The summed E-state index contributed by atoms with van der Waals surface area (Å²) in [7, 11) is 0. The molecule has 0 aliphatic carbocycles. The summed E-state index contributed by atoms with van der Waals surface area (Å²) in [6, 6.07) is 11.9. The van der Waals surface area contributed by atoms with Gasteiger partial charge in [-0.25, -0.2) is 4.39 Å². The Morgan fingerprint density at radius 2 is 1.95 bits per heavy atom. The van der Waals surface area contributed by atoms with Gasteiger partial charge in [-0.15, -0.1) is 11.6 Å². The van der Waals surface area contributed by atoms with Crippen LogP contribution in [0.1, 0.15) is 11.1 Å². The van der Waals surface area contributed by atoms with E-state index in [4.69, 9.17) is 27.9 Å². The first-order valence-electron chi connectivity index (χ1n) is 5.91. The van der Waals surface area contributed by atoms with Crippen molar-refractivity contribution >= 4 is 23.2 Å². The maximum absolute atomic E-state index is 13.3. The van der Waals surface area contributed by atoms with Crippen LogP contribution < -0.4 is 4.74 Å². The van der Waals surface area contributed by atoms with E-state index in [0.29, 0.717) is 11.3 Å². The molecule has 0 amide bonds. The fourth-order valence-corrected chi connectivity index (χ4v) is 1.87. The average molecular weight is 309 g/mol. The van der Waals surface area contributed by atoms with E-state index in [1.165, 1.54) is 6.07 Å². The van der Waals surface area contributed by atoms with Crippen molar-refractivity contribution in [2.75, 3.05) is 5.88 Å². The topological polar surface area (TPSA) is 9.23 Å². The van der Waals surface area contributed by atoms with E-state index in [-0.39, 0.29) is 17.5 Å². The van der Waals surface area contributed by atoms with Gasteiger partial charge in [0, 0.05) is 11.1 Å². The van der Waals surface area contributed by atoms with Gasteiger partial charge in [-0.05, 0) is 24.3 Å². The van der Waals surface area contributed by atoms with Gasteiger partial charge in [0.15, 0.2) is 0 Å². The largest absolute Gasteiger partial charge is 0.489 e. The van der Waals surface area contributed by atoms with Crippen LogP contribution in [0, 0.1) is 17.7 Å². The van der Waals surface area contributed by atoms with Gasteiger partial charge < -0.3 is 4.74 Å². The Balaban J connectivity index is 2.09. The normalized spacial score (nSPS) is 9.75. The van der Waals surface area contributed by atoms with Gasteiger partial charge in [0.25, 0.3) is 0 Å². The van der Waals surface area contributed by atoms with E-state index < -0.39 is 5.82 Å². The van der Waals surface area contributed by atoms with E-state index in [9.17, 15) is 4.39 Å². The molecule has 0 aliphatic heterocycles. The molecule has 0 bridgehead atoms. The summed E-state index contributed by atoms with van der Waals surface area (Å²) in [5.74, 6) is 6.15. The van der Waals surface area contributed by atoms with Crippen molar-refractivity contribution in [1.29, 1.82) is 0 Å². The summed E-state index contributed by atoms with van der Waals surface area (Å²) in [6.45, 7) is 0.197. The summed E-state index contributed by atoms with van der Waals surface area (Å²) in [5, 5.41) is 0.0885. The number of halogens is 3. The highest BCUT2D eigenvalue weighted by molar-refractivity contribution is 6.31. The molecule has 0 spiro atoms. The molecule has 0 atom stereocenters. The summed E-state index contributed by atoms with van der Waals surface area (Å²) in [5.41, 5.74) is 1.41. The number of alkyl halides is 1.